The van der Waals surface area contributed by atoms with E-state index in [0.717, 1.165) is 0 Å². The van der Waals surface area contributed by atoms with Gasteiger partial charge in [0.15, 0.2) is 0 Å². The number of hydrogen-bond acceptors (Lipinski definition) is 2. The number of halogens is 3. The van der Waals surface area contributed by atoms with Crippen molar-refractivity contribution in [1.82, 2.24) is 4.90 Å². The van der Waals surface area contributed by atoms with E-state index >= 15 is 0 Å². The van der Waals surface area contributed by atoms with Gasteiger partial charge in [-0.1, -0.05) is 24.3 Å². The standard InChI is InChI=1S/C18H17F3N2O/c19-14-5-2-1-4-13(14)12-17(24)22-8-10-23(11-9-22)18-15(20)6-3-7-16(18)21/h1-7H,8-12H2. The highest BCUT2D eigenvalue weighted by atomic mass is 19.1. The molecular formula is C18H17F3N2O. The molecule has 1 amide bonds. The second-order valence-corrected chi connectivity index (χ2v) is 5.71. The second kappa shape index (κ2) is 6.95. The lowest BCUT2D eigenvalue weighted by atomic mass is 10.1. The van der Waals surface area contributed by atoms with Crippen LogP contribution in [0.4, 0.5) is 18.9 Å². The predicted octanol–water partition coefficient (Wildman–Crippen LogP) is 3.00. The van der Waals surface area contributed by atoms with E-state index in [1.807, 2.05) is 0 Å². The van der Waals surface area contributed by atoms with Crippen molar-refractivity contribution in [3.8, 4) is 0 Å². The van der Waals surface area contributed by atoms with E-state index in [1.165, 1.54) is 24.3 Å². The monoisotopic (exact) mass is 334 g/mol. The number of carbonyl (C=O) groups excluding carboxylic acids is 1. The molecular weight excluding hydrogens is 317 g/mol. The first-order valence-electron chi connectivity index (χ1n) is 7.76. The van der Waals surface area contributed by atoms with Gasteiger partial charge in [0.05, 0.1) is 6.42 Å². The van der Waals surface area contributed by atoms with Crippen LogP contribution < -0.4 is 4.90 Å². The molecule has 0 radical (unpaired) electrons. The maximum Gasteiger partial charge on any atom is 0.227 e. The molecule has 2 aromatic carbocycles. The number of hydrogen-bond donors (Lipinski definition) is 0. The average molecular weight is 334 g/mol. The Hall–Kier alpha value is -2.50. The third kappa shape index (κ3) is 3.37. The fraction of sp³-hybridized carbons (Fsp3) is 0.278. The lowest BCUT2D eigenvalue weighted by Gasteiger charge is -2.36. The molecule has 0 spiro atoms. The molecule has 0 saturated carbocycles. The molecule has 0 aliphatic carbocycles. The summed E-state index contributed by atoms with van der Waals surface area (Å²) >= 11 is 0. The Labute approximate surface area is 138 Å². The van der Waals surface area contributed by atoms with Gasteiger partial charge in [-0.15, -0.1) is 0 Å². The molecule has 1 heterocycles. The molecule has 0 N–H and O–H groups in total. The van der Waals surface area contributed by atoms with Gasteiger partial charge in [0, 0.05) is 26.2 Å². The largest absolute Gasteiger partial charge is 0.363 e. The first-order valence-corrected chi connectivity index (χ1v) is 7.76. The van der Waals surface area contributed by atoms with Gasteiger partial charge in [0.25, 0.3) is 0 Å². The number of nitrogens with zero attached hydrogens (tertiary/aromatic N) is 2. The Kier molecular flexibility index (Phi) is 4.74. The summed E-state index contributed by atoms with van der Waals surface area (Å²) in [5.41, 5.74) is 0.295. The minimum atomic E-state index is -0.610. The summed E-state index contributed by atoms with van der Waals surface area (Å²) in [4.78, 5) is 15.5. The normalized spacial score (nSPS) is 14.8. The van der Waals surface area contributed by atoms with Gasteiger partial charge in [-0.3, -0.25) is 4.79 Å². The van der Waals surface area contributed by atoms with Crippen molar-refractivity contribution in [2.75, 3.05) is 31.1 Å². The number of para-hydroxylation sites is 1. The average Bonchev–Trinajstić information content (AvgIpc) is 2.57. The molecule has 24 heavy (non-hydrogen) atoms. The van der Waals surface area contributed by atoms with Gasteiger partial charge >= 0.3 is 0 Å². The van der Waals surface area contributed by atoms with Crippen molar-refractivity contribution in [3.05, 3.63) is 65.5 Å². The van der Waals surface area contributed by atoms with E-state index < -0.39 is 17.5 Å². The third-order valence-corrected chi connectivity index (χ3v) is 4.19. The number of carbonyl (C=O) groups is 1. The second-order valence-electron chi connectivity index (χ2n) is 5.71. The summed E-state index contributed by atoms with van der Waals surface area (Å²) in [6.07, 6.45) is -0.0132. The van der Waals surface area contributed by atoms with Crippen molar-refractivity contribution < 1.29 is 18.0 Å². The summed E-state index contributed by atoms with van der Waals surface area (Å²) in [6.45, 7) is 1.36. The first kappa shape index (κ1) is 16.4. The smallest absolute Gasteiger partial charge is 0.227 e. The zero-order valence-corrected chi connectivity index (χ0v) is 13.0. The highest BCUT2D eigenvalue weighted by Crippen LogP contribution is 2.24. The Morgan fingerprint density at radius 3 is 2.04 bits per heavy atom. The number of rotatable bonds is 3. The van der Waals surface area contributed by atoms with Crippen LogP contribution in [-0.4, -0.2) is 37.0 Å². The fourth-order valence-electron chi connectivity index (χ4n) is 2.89. The number of anilines is 1. The van der Waals surface area contributed by atoms with E-state index in [9.17, 15) is 18.0 Å². The number of amides is 1. The highest BCUT2D eigenvalue weighted by Gasteiger charge is 2.25. The van der Waals surface area contributed by atoms with Crippen molar-refractivity contribution in [1.29, 1.82) is 0 Å². The maximum absolute atomic E-state index is 13.8. The Morgan fingerprint density at radius 1 is 0.833 bits per heavy atom. The molecule has 1 aliphatic rings. The van der Waals surface area contributed by atoms with Crippen LogP contribution in [0.3, 0.4) is 0 Å². The third-order valence-electron chi connectivity index (χ3n) is 4.19. The summed E-state index contributed by atoms with van der Waals surface area (Å²) < 4.78 is 41.3. The Bertz CT molecular complexity index is 723. The molecule has 126 valence electrons. The molecule has 2 aromatic rings. The molecule has 3 nitrogen and oxygen atoms in total. The van der Waals surface area contributed by atoms with Crippen LogP contribution in [0.25, 0.3) is 0 Å². The van der Waals surface area contributed by atoms with Gasteiger partial charge < -0.3 is 9.80 Å². The molecule has 1 aliphatic heterocycles. The Morgan fingerprint density at radius 2 is 1.42 bits per heavy atom. The Balaban J connectivity index is 1.63. The summed E-state index contributed by atoms with van der Waals surface area (Å²) in [5, 5.41) is 0. The first-order chi connectivity index (χ1) is 11.6. The summed E-state index contributed by atoms with van der Waals surface area (Å²) in [7, 11) is 0. The van der Waals surface area contributed by atoms with Crippen LogP contribution in [0.5, 0.6) is 0 Å². The molecule has 6 heteroatoms. The molecule has 0 unspecified atom stereocenters. The van der Waals surface area contributed by atoms with Crippen molar-refractivity contribution >= 4 is 11.6 Å². The van der Waals surface area contributed by atoms with Crippen molar-refractivity contribution in [2.45, 2.75) is 6.42 Å². The van der Waals surface area contributed by atoms with E-state index in [-0.39, 0.29) is 18.0 Å². The van der Waals surface area contributed by atoms with Crippen LogP contribution in [0.1, 0.15) is 5.56 Å². The highest BCUT2D eigenvalue weighted by molar-refractivity contribution is 5.79. The van der Waals surface area contributed by atoms with E-state index in [4.69, 9.17) is 0 Å². The number of piperazine rings is 1. The summed E-state index contributed by atoms with van der Waals surface area (Å²) in [6, 6.07) is 9.92. The molecule has 1 fully saturated rings. The molecule has 1 saturated heterocycles. The maximum atomic E-state index is 13.8. The van der Waals surface area contributed by atoms with Crippen LogP contribution in [-0.2, 0) is 11.2 Å². The SMILES string of the molecule is O=C(Cc1ccccc1F)N1CCN(c2c(F)cccc2F)CC1. The molecule has 0 bridgehead atoms. The predicted molar refractivity (Wildman–Crippen MR) is 85.3 cm³/mol. The lowest BCUT2D eigenvalue weighted by molar-refractivity contribution is -0.130. The van der Waals surface area contributed by atoms with Crippen LogP contribution in [0.15, 0.2) is 42.5 Å². The molecule has 3 rings (SSSR count). The fourth-order valence-corrected chi connectivity index (χ4v) is 2.89. The van der Waals surface area contributed by atoms with Crippen LogP contribution in [0.2, 0.25) is 0 Å². The molecule has 0 aromatic heterocycles. The van der Waals surface area contributed by atoms with Crippen LogP contribution >= 0.6 is 0 Å². The van der Waals surface area contributed by atoms with E-state index in [2.05, 4.69) is 0 Å². The minimum Gasteiger partial charge on any atom is -0.363 e. The minimum absolute atomic E-state index is 0.0132. The van der Waals surface area contributed by atoms with Gasteiger partial charge in [-0.05, 0) is 23.8 Å². The van der Waals surface area contributed by atoms with Crippen LogP contribution in [0, 0.1) is 17.5 Å². The molecule has 0 atom stereocenters. The van der Waals surface area contributed by atoms with Gasteiger partial charge in [0.2, 0.25) is 5.91 Å². The van der Waals surface area contributed by atoms with Gasteiger partial charge in [0.1, 0.15) is 23.1 Å². The van der Waals surface area contributed by atoms with Gasteiger partial charge in [-0.2, -0.15) is 0 Å². The quantitative estimate of drug-likeness (QED) is 0.861. The zero-order valence-electron chi connectivity index (χ0n) is 13.0. The van der Waals surface area contributed by atoms with Crippen molar-refractivity contribution in [3.63, 3.8) is 0 Å². The zero-order chi connectivity index (χ0) is 17.1. The summed E-state index contributed by atoms with van der Waals surface area (Å²) in [5.74, 6) is -1.81. The number of benzene rings is 2. The lowest BCUT2D eigenvalue weighted by Crippen LogP contribution is -2.49. The topological polar surface area (TPSA) is 23.6 Å². The van der Waals surface area contributed by atoms with E-state index in [0.29, 0.717) is 31.7 Å². The van der Waals surface area contributed by atoms with E-state index in [1.54, 1.807) is 28.0 Å². The van der Waals surface area contributed by atoms with Crippen molar-refractivity contribution in [2.24, 2.45) is 0 Å². The van der Waals surface area contributed by atoms with Gasteiger partial charge in [-0.25, -0.2) is 13.2 Å².